The number of allylic oxidation sites excluding steroid dienone is 7. The monoisotopic (exact) mass is 990 g/mol. The van der Waals surface area contributed by atoms with E-state index in [2.05, 4.69) is 103 Å². The number of aryl methyl sites for hydroxylation is 1. The molecule has 0 fully saturated rings. The van der Waals surface area contributed by atoms with Crippen molar-refractivity contribution in [2.75, 3.05) is 32.1 Å². The van der Waals surface area contributed by atoms with E-state index < -0.39 is 9.85 Å². The molecule has 4 aromatic rings. The molecule has 2 aliphatic carbocycles. The van der Waals surface area contributed by atoms with Gasteiger partial charge in [0.25, 0.3) is 0 Å². The summed E-state index contributed by atoms with van der Waals surface area (Å²) in [5, 5.41) is 53.9. The van der Waals surface area contributed by atoms with Crippen LogP contribution < -0.4 is 29.2 Å². The molecule has 5 aliphatic rings. The minimum Gasteiger partial charge on any atom is -0.506 e. The number of thiazole rings is 2. The minimum absolute atomic E-state index is 0. The van der Waals surface area contributed by atoms with Gasteiger partial charge in [-0.1, -0.05) is 47.8 Å². The van der Waals surface area contributed by atoms with E-state index in [1.807, 2.05) is 7.11 Å². The van der Waals surface area contributed by atoms with Crippen molar-refractivity contribution in [3.63, 3.8) is 0 Å². The number of aromatic nitrogens is 2. The second kappa shape index (κ2) is 21.4. The summed E-state index contributed by atoms with van der Waals surface area (Å²) < 4.78 is 8.36. The SMILES string of the molecule is CCC1(C)C(/C=C/c2cc3c4c(c2OC)CCCN4CCC3)=[N+](C)c2ccccc21.O=C1C=CC(=NN=c2[n-]cc([N+](=O)[O-])s2)C(O)=C1.O=C1C=CC(=NN=c2[n-]cc([N+](=O)[O-])s2)C(O)=C1.[Co]. The van der Waals surface area contributed by atoms with Crippen molar-refractivity contribution in [2.45, 2.75) is 51.4 Å². The summed E-state index contributed by atoms with van der Waals surface area (Å²) in [6, 6.07) is 11.2. The maximum Gasteiger partial charge on any atom is 0.319 e. The van der Waals surface area contributed by atoms with Gasteiger partial charge in [0.05, 0.1) is 22.4 Å². The first-order valence-electron chi connectivity index (χ1n) is 20.6. The third-order valence-electron chi connectivity index (χ3n) is 11.3. The summed E-state index contributed by atoms with van der Waals surface area (Å²) in [6.07, 6.45) is 19.7. The molecule has 2 aromatic heterocycles. The summed E-state index contributed by atoms with van der Waals surface area (Å²) in [4.78, 5) is 51.5. The average Bonchev–Trinajstić information content (AvgIpc) is 4.04. The van der Waals surface area contributed by atoms with Gasteiger partial charge in [0.1, 0.15) is 35.7 Å². The van der Waals surface area contributed by atoms with Crippen LogP contribution in [0, 0.1) is 20.2 Å². The van der Waals surface area contributed by atoms with Crippen molar-refractivity contribution in [1.82, 2.24) is 9.97 Å². The van der Waals surface area contributed by atoms with Gasteiger partial charge < -0.3 is 40.0 Å². The van der Waals surface area contributed by atoms with Gasteiger partial charge in [0.15, 0.2) is 17.3 Å². The number of hydrogen-bond acceptors (Lipinski definition) is 16. The molecule has 1 radical (unpaired) electrons. The smallest absolute Gasteiger partial charge is 0.319 e. The number of benzene rings is 2. The molecule has 67 heavy (non-hydrogen) atoms. The van der Waals surface area contributed by atoms with E-state index in [4.69, 9.17) is 4.74 Å². The predicted octanol–water partition coefficient (Wildman–Crippen LogP) is 6.40. The van der Waals surface area contributed by atoms with Crippen LogP contribution in [0.1, 0.15) is 55.4 Å². The maximum atomic E-state index is 10.9. The molecule has 2 N–H and O–H groups in total. The van der Waals surface area contributed by atoms with Gasteiger partial charge >= 0.3 is 10.0 Å². The fourth-order valence-corrected chi connectivity index (χ4v) is 9.18. The van der Waals surface area contributed by atoms with Crippen LogP contribution in [0.25, 0.3) is 6.08 Å². The van der Waals surface area contributed by atoms with Crippen molar-refractivity contribution in [3.05, 3.63) is 149 Å². The molecule has 0 saturated carbocycles. The second-order valence-corrected chi connectivity index (χ2v) is 17.3. The molecule has 3 aliphatic heterocycles. The molecule has 22 heteroatoms. The number of ether oxygens (including phenoxy) is 1. The van der Waals surface area contributed by atoms with Gasteiger partial charge in [-0.3, -0.25) is 40.0 Å². The summed E-state index contributed by atoms with van der Waals surface area (Å²) >= 11 is 1.51. The maximum absolute atomic E-state index is 10.9. The Morgan fingerprint density at radius 3 is 1.93 bits per heavy atom. The minimum atomic E-state index is -0.583. The summed E-state index contributed by atoms with van der Waals surface area (Å²) in [5.41, 5.74) is 9.95. The molecule has 0 saturated heterocycles. The Bertz CT molecular complexity index is 2920. The van der Waals surface area contributed by atoms with Gasteiger partial charge in [0, 0.05) is 98.5 Å². The van der Waals surface area contributed by atoms with Gasteiger partial charge in [-0.15, -0.1) is 0 Å². The molecule has 5 heterocycles. The number of rotatable bonds is 8. The number of nitro groups is 2. The normalized spacial score (nSPS) is 19.9. The number of nitrogens with zero attached hydrogens (tertiary/aromatic N) is 10. The molecule has 0 amide bonds. The predicted molar refractivity (Wildman–Crippen MR) is 250 cm³/mol. The Morgan fingerprint density at radius 1 is 0.866 bits per heavy atom. The Balaban J connectivity index is 0.000000174. The van der Waals surface area contributed by atoms with E-state index in [-0.39, 0.29) is 76.3 Å². The van der Waals surface area contributed by atoms with E-state index >= 15 is 0 Å². The number of para-hydroxylation sites is 1. The molecule has 0 bridgehead atoms. The molecule has 9 rings (SSSR count). The van der Waals surface area contributed by atoms with Gasteiger partial charge in [-0.05, 0) is 81.0 Å². The zero-order chi connectivity index (χ0) is 47.1. The van der Waals surface area contributed by atoms with Crippen LogP contribution in [-0.2, 0) is 44.6 Å². The van der Waals surface area contributed by atoms with Crippen molar-refractivity contribution in [2.24, 2.45) is 20.4 Å². The van der Waals surface area contributed by atoms with Crippen LogP contribution in [0.3, 0.4) is 0 Å². The molecule has 0 spiro atoms. The third kappa shape index (κ3) is 10.9. The Kier molecular flexibility index (Phi) is 15.8. The Labute approximate surface area is 401 Å². The first kappa shape index (κ1) is 49.3. The zero-order valence-electron chi connectivity index (χ0n) is 36.5. The number of carbonyl (C=O) groups excluding carboxylic acids is 2. The van der Waals surface area contributed by atoms with Crippen LogP contribution in [0.5, 0.6) is 5.75 Å². The van der Waals surface area contributed by atoms with E-state index in [0.29, 0.717) is 0 Å². The van der Waals surface area contributed by atoms with Gasteiger partial charge in [-0.2, -0.15) is 4.58 Å². The molecule has 349 valence electrons. The summed E-state index contributed by atoms with van der Waals surface area (Å²) in [6.45, 7) is 7.05. The van der Waals surface area contributed by atoms with Crippen LogP contribution in [0.2, 0.25) is 0 Å². The number of aliphatic hydroxyl groups is 2. The van der Waals surface area contributed by atoms with Crippen molar-refractivity contribution in [3.8, 4) is 5.75 Å². The number of methoxy groups -OCH3 is 1. The molecule has 1 atom stereocenters. The first-order chi connectivity index (χ1) is 31.7. The molecule has 1 unspecified atom stereocenters. The van der Waals surface area contributed by atoms with E-state index in [9.17, 15) is 40.0 Å². The van der Waals surface area contributed by atoms with Gasteiger partial charge in [-0.25, -0.2) is 0 Å². The topological polar surface area (TPSA) is 254 Å². The van der Waals surface area contributed by atoms with E-state index in [0.717, 1.165) is 65.8 Å². The van der Waals surface area contributed by atoms with Crippen LogP contribution >= 0.6 is 22.7 Å². The third-order valence-corrected chi connectivity index (χ3v) is 13.0. The van der Waals surface area contributed by atoms with Gasteiger partial charge in [0.2, 0.25) is 5.69 Å². The summed E-state index contributed by atoms with van der Waals surface area (Å²) in [5.74, 6) is -0.240. The largest absolute Gasteiger partial charge is 0.506 e. The quantitative estimate of drug-likeness (QED) is 0.0842. The number of aliphatic hydroxyl groups excluding tert-OH is 2. The number of fused-ring (bicyclic) bond motifs is 1. The molecule has 2 aromatic carbocycles. The van der Waals surface area contributed by atoms with E-state index in [1.54, 1.807) is 0 Å². The van der Waals surface area contributed by atoms with Crippen molar-refractivity contribution < 1.29 is 55.7 Å². The standard InChI is InChI=1S/C27H33N2O.2C9H6N4O4S.Co/c1-5-27(2)22-12-6-7-13-23(22)28(3)24(27)15-14-20-18-19-10-8-16-29-17-9-11-21(25(19)29)26(20)30-4;2*14-5-1-2-6(7(15)3-5)11-12-9-10-4-8(18-9)13(16)17;/h6-7,12-15,18H,5,8-11,16-17H2,1-4H3;2*1-4H,(H2,10,12,14,15);/q+1;;;/p-2. The molecular weight excluding hydrogens is 948 g/mol. The fourth-order valence-electron chi connectivity index (χ4n) is 8.07. The second-order valence-electron chi connectivity index (χ2n) is 15.3. The zero-order valence-corrected chi connectivity index (χ0v) is 39.2. The number of ketones is 2. The fraction of sp³-hybridized carbons (Fsp3) is 0.267. The van der Waals surface area contributed by atoms with E-state index in [1.165, 1.54) is 96.0 Å². The number of carbonyl (C=O) groups is 2. The number of hydrogen-bond donors (Lipinski definition) is 2. The Morgan fingerprint density at radius 2 is 1.42 bits per heavy atom. The Hall–Kier alpha value is -7.14. The van der Waals surface area contributed by atoms with Crippen molar-refractivity contribution in [1.29, 1.82) is 0 Å². The van der Waals surface area contributed by atoms with Crippen LogP contribution in [-0.4, -0.2) is 80.6 Å². The van der Waals surface area contributed by atoms with Crippen LogP contribution in [0.15, 0.2) is 117 Å². The van der Waals surface area contributed by atoms with Crippen molar-refractivity contribution >= 4 is 78.8 Å². The summed E-state index contributed by atoms with van der Waals surface area (Å²) in [7, 11) is 4.03. The number of anilines is 1. The average molecular weight is 991 g/mol. The van der Waals surface area contributed by atoms with Crippen LogP contribution in [0.4, 0.5) is 21.4 Å². The first-order valence-corrected chi connectivity index (χ1v) is 22.2. The molecular formula is C45H43CoN10O9S2-. The molecule has 19 nitrogen and oxygen atoms in total.